The molecule has 0 amide bonds. The first-order valence-electron chi connectivity index (χ1n) is 5.20. The van der Waals surface area contributed by atoms with E-state index in [-0.39, 0.29) is 17.9 Å². The van der Waals surface area contributed by atoms with E-state index in [4.69, 9.17) is 0 Å². The first kappa shape index (κ1) is 12.0. The Hall–Kier alpha value is -0.120. The predicted octanol–water partition coefficient (Wildman–Crippen LogP) is 0.773. The van der Waals surface area contributed by atoms with Crippen LogP contribution in [-0.4, -0.2) is 34.1 Å². The number of hydrogen-bond acceptors (Lipinski definition) is 3. The summed E-state index contributed by atoms with van der Waals surface area (Å²) in [5.41, 5.74) is -0.786. The molecular formula is C11H22O3. The summed E-state index contributed by atoms with van der Waals surface area (Å²) in [5, 5.41) is 29.1. The Morgan fingerprint density at radius 1 is 1.29 bits per heavy atom. The molecule has 3 nitrogen and oxygen atoms in total. The highest BCUT2D eigenvalue weighted by atomic mass is 16.3. The quantitative estimate of drug-likeness (QED) is 0.620. The van der Waals surface area contributed by atoms with Crippen molar-refractivity contribution >= 4 is 0 Å². The van der Waals surface area contributed by atoms with E-state index >= 15 is 0 Å². The second-order valence-electron chi connectivity index (χ2n) is 5.77. The minimum absolute atomic E-state index is 0.0301. The van der Waals surface area contributed by atoms with Gasteiger partial charge in [-0.05, 0) is 17.8 Å². The molecule has 0 aromatic heterocycles. The van der Waals surface area contributed by atoms with Gasteiger partial charge in [0.15, 0.2) is 0 Å². The van der Waals surface area contributed by atoms with Gasteiger partial charge in [0.1, 0.15) is 0 Å². The van der Waals surface area contributed by atoms with Crippen LogP contribution in [0.1, 0.15) is 34.1 Å². The van der Waals surface area contributed by atoms with E-state index in [1.54, 1.807) is 0 Å². The molecule has 1 fully saturated rings. The molecule has 0 spiro atoms. The number of rotatable bonds is 2. The van der Waals surface area contributed by atoms with Crippen molar-refractivity contribution in [2.45, 2.75) is 46.3 Å². The van der Waals surface area contributed by atoms with Gasteiger partial charge in [-0.1, -0.05) is 27.7 Å². The largest absolute Gasteiger partial charge is 0.396 e. The molecule has 3 N–H and O–H groups in total. The normalized spacial score (nSPS) is 37.5. The van der Waals surface area contributed by atoms with Crippen LogP contribution in [0.3, 0.4) is 0 Å². The number of hydrogen-bond donors (Lipinski definition) is 3. The molecule has 0 saturated heterocycles. The van der Waals surface area contributed by atoms with Crippen molar-refractivity contribution in [3.8, 4) is 0 Å². The lowest BCUT2D eigenvalue weighted by atomic mass is 9.74. The fourth-order valence-electron chi connectivity index (χ4n) is 2.25. The van der Waals surface area contributed by atoms with Crippen molar-refractivity contribution in [3.05, 3.63) is 0 Å². The zero-order chi connectivity index (χ0) is 11.1. The molecule has 0 unspecified atom stereocenters. The van der Waals surface area contributed by atoms with Crippen LogP contribution in [0, 0.1) is 16.7 Å². The smallest absolute Gasteiger partial charge is 0.0650 e. The van der Waals surface area contributed by atoms with Crippen LogP contribution >= 0.6 is 0 Å². The van der Waals surface area contributed by atoms with Crippen molar-refractivity contribution in [3.63, 3.8) is 0 Å². The minimum Gasteiger partial charge on any atom is -0.396 e. The molecule has 3 heteroatoms. The van der Waals surface area contributed by atoms with E-state index in [1.165, 1.54) is 0 Å². The van der Waals surface area contributed by atoms with Gasteiger partial charge in [-0.25, -0.2) is 0 Å². The molecule has 84 valence electrons. The van der Waals surface area contributed by atoms with Crippen LogP contribution in [0.15, 0.2) is 0 Å². The lowest BCUT2D eigenvalue weighted by Crippen LogP contribution is -2.39. The molecule has 0 heterocycles. The van der Waals surface area contributed by atoms with Gasteiger partial charge in [0.05, 0.1) is 12.2 Å². The second kappa shape index (κ2) is 3.47. The van der Waals surface area contributed by atoms with Gasteiger partial charge in [-0.2, -0.15) is 0 Å². The fraction of sp³-hybridized carbons (Fsp3) is 1.00. The highest BCUT2D eigenvalue weighted by Crippen LogP contribution is 2.48. The predicted molar refractivity (Wildman–Crippen MR) is 54.8 cm³/mol. The molecule has 3 atom stereocenters. The first-order chi connectivity index (χ1) is 6.23. The summed E-state index contributed by atoms with van der Waals surface area (Å²) in [7, 11) is 0. The van der Waals surface area contributed by atoms with E-state index < -0.39 is 17.6 Å². The van der Waals surface area contributed by atoms with Gasteiger partial charge < -0.3 is 15.3 Å². The van der Waals surface area contributed by atoms with Crippen molar-refractivity contribution in [1.29, 1.82) is 0 Å². The van der Waals surface area contributed by atoms with Gasteiger partial charge in [0.2, 0.25) is 0 Å². The number of aliphatic hydroxyl groups is 3. The van der Waals surface area contributed by atoms with Crippen molar-refractivity contribution in [2.24, 2.45) is 16.7 Å². The van der Waals surface area contributed by atoms with Crippen molar-refractivity contribution < 1.29 is 15.3 Å². The summed E-state index contributed by atoms with van der Waals surface area (Å²) in [6.45, 7) is 7.63. The monoisotopic (exact) mass is 202 g/mol. The Kier molecular flexibility index (Phi) is 2.96. The van der Waals surface area contributed by atoms with Crippen molar-refractivity contribution in [2.75, 3.05) is 6.61 Å². The van der Waals surface area contributed by atoms with Crippen LogP contribution in [0.4, 0.5) is 0 Å². The first-order valence-corrected chi connectivity index (χ1v) is 5.20. The Bertz CT molecular complexity index is 211. The maximum absolute atomic E-state index is 10.1. The molecule has 1 aliphatic carbocycles. The zero-order valence-electron chi connectivity index (χ0n) is 9.49. The summed E-state index contributed by atoms with van der Waals surface area (Å²) >= 11 is 0. The van der Waals surface area contributed by atoms with Gasteiger partial charge in [-0.3, -0.25) is 0 Å². The van der Waals surface area contributed by atoms with Gasteiger partial charge in [0.25, 0.3) is 0 Å². The molecule has 14 heavy (non-hydrogen) atoms. The van der Waals surface area contributed by atoms with Crippen LogP contribution in [0.5, 0.6) is 0 Å². The standard InChI is InChI=1S/C11H22O3/c1-10(2,6-12)7-5-8(13)11(3,4)9(7)14/h7-9,12-14H,5-6H2,1-4H3/t7-,8+,9+/m0/s1. The van der Waals surface area contributed by atoms with Gasteiger partial charge in [0, 0.05) is 12.0 Å². The summed E-state index contributed by atoms with van der Waals surface area (Å²) < 4.78 is 0. The van der Waals surface area contributed by atoms with Crippen LogP contribution in [0.25, 0.3) is 0 Å². The fourth-order valence-corrected chi connectivity index (χ4v) is 2.25. The SMILES string of the molecule is CC(C)(CO)[C@H]1C[C@@H](O)C(C)(C)[C@@H]1O. The van der Waals surface area contributed by atoms with E-state index in [1.807, 2.05) is 27.7 Å². The van der Waals surface area contributed by atoms with E-state index in [0.29, 0.717) is 6.42 Å². The summed E-state index contributed by atoms with van der Waals surface area (Å²) in [5.74, 6) is -0.0301. The minimum atomic E-state index is -0.542. The van der Waals surface area contributed by atoms with Crippen LogP contribution < -0.4 is 0 Å². The third-order valence-electron chi connectivity index (χ3n) is 3.89. The maximum Gasteiger partial charge on any atom is 0.0650 e. The Morgan fingerprint density at radius 3 is 2.07 bits per heavy atom. The molecule has 0 aliphatic heterocycles. The maximum atomic E-state index is 10.1. The highest BCUT2D eigenvalue weighted by molar-refractivity contribution is 5.01. The molecular weight excluding hydrogens is 180 g/mol. The highest BCUT2D eigenvalue weighted by Gasteiger charge is 2.52. The van der Waals surface area contributed by atoms with Gasteiger partial charge >= 0.3 is 0 Å². The topological polar surface area (TPSA) is 60.7 Å². The lowest BCUT2D eigenvalue weighted by molar-refractivity contribution is -0.0347. The van der Waals surface area contributed by atoms with Gasteiger partial charge in [-0.15, -0.1) is 0 Å². The van der Waals surface area contributed by atoms with E-state index in [0.717, 1.165) is 0 Å². The molecule has 0 aromatic rings. The second-order valence-corrected chi connectivity index (χ2v) is 5.77. The molecule has 0 aromatic carbocycles. The van der Waals surface area contributed by atoms with Crippen molar-refractivity contribution in [1.82, 2.24) is 0 Å². The van der Waals surface area contributed by atoms with Crippen LogP contribution in [0.2, 0.25) is 0 Å². The van der Waals surface area contributed by atoms with E-state index in [2.05, 4.69) is 0 Å². The average molecular weight is 202 g/mol. The van der Waals surface area contributed by atoms with Crippen LogP contribution in [-0.2, 0) is 0 Å². The molecule has 1 saturated carbocycles. The molecule has 1 aliphatic rings. The lowest BCUT2D eigenvalue weighted by Gasteiger charge is -2.35. The molecule has 0 radical (unpaired) electrons. The third-order valence-corrected chi connectivity index (χ3v) is 3.89. The summed E-state index contributed by atoms with van der Waals surface area (Å²) in [6.07, 6.45) is -0.449. The zero-order valence-corrected chi connectivity index (χ0v) is 9.49. The Morgan fingerprint density at radius 2 is 1.79 bits per heavy atom. The Balaban J connectivity index is 2.87. The molecule has 1 rings (SSSR count). The average Bonchev–Trinajstić information content (AvgIpc) is 2.30. The van der Waals surface area contributed by atoms with E-state index in [9.17, 15) is 15.3 Å². The third kappa shape index (κ3) is 1.69. The summed E-state index contributed by atoms with van der Waals surface area (Å²) in [6, 6.07) is 0. The Labute approximate surface area is 85.8 Å². The molecule has 0 bridgehead atoms. The summed E-state index contributed by atoms with van der Waals surface area (Å²) in [4.78, 5) is 0. The number of aliphatic hydroxyl groups excluding tert-OH is 3.